The molecule has 182 valence electrons. The van der Waals surface area contributed by atoms with Crippen molar-refractivity contribution in [2.75, 3.05) is 38.2 Å². The summed E-state index contributed by atoms with van der Waals surface area (Å²) in [6.45, 7) is 10.0. The van der Waals surface area contributed by atoms with Gasteiger partial charge >= 0.3 is 0 Å². The highest BCUT2D eigenvalue weighted by molar-refractivity contribution is 7.84. The van der Waals surface area contributed by atoms with E-state index in [-0.39, 0.29) is 11.8 Å². The maximum atomic E-state index is 13.6. The van der Waals surface area contributed by atoms with Crippen LogP contribution in [0.25, 0.3) is 0 Å². The predicted molar refractivity (Wildman–Crippen MR) is 138 cm³/mol. The molecule has 0 radical (unpaired) electrons. The van der Waals surface area contributed by atoms with E-state index in [1.807, 2.05) is 11.0 Å². The highest BCUT2D eigenvalue weighted by Crippen LogP contribution is 2.34. The highest BCUT2D eigenvalue weighted by Gasteiger charge is 2.37. The van der Waals surface area contributed by atoms with Gasteiger partial charge in [-0.25, -0.2) is 0 Å². The van der Waals surface area contributed by atoms with E-state index in [2.05, 4.69) is 37.8 Å². The zero-order valence-corrected chi connectivity index (χ0v) is 22.1. The van der Waals surface area contributed by atoms with Crippen LogP contribution in [0.5, 0.6) is 0 Å². The molecule has 1 heterocycles. The van der Waals surface area contributed by atoms with Crippen molar-refractivity contribution >= 4 is 28.3 Å². The second-order valence-corrected chi connectivity index (χ2v) is 11.2. The van der Waals surface area contributed by atoms with Crippen LogP contribution in [0, 0.1) is 5.92 Å². The van der Waals surface area contributed by atoms with Crippen molar-refractivity contribution < 1.29 is 9.00 Å². The summed E-state index contributed by atoms with van der Waals surface area (Å²) in [5.41, 5.74) is 4.10. The van der Waals surface area contributed by atoms with Gasteiger partial charge in [0.2, 0.25) is 5.91 Å². The van der Waals surface area contributed by atoms with Gasteiger partial charge in [0.15, 0.2) is 0 Å². The normalized spacial score (nSPS) is 22.8. The molecule has 0 spiro atoms. The SMILES string of the molecule is CC\C=C/C(CC(CS(C)=O)C(=O)N1CCN(C2(C)CCCCC2)CC1)=C(\C=C\Cl)CC. The van der Waals surface area contributed by atoms with Gasteiger partial charge in [0.25, 0.3) is 0 Å². The number of hydrogen-bond donors (Lipinski definition) is 0. The number of piperazine rings is 1. The van der Waals surface area contributed by atoms with Gasteiger partial charge < -0.3 is 4.90 Å². The Morgan fingerprint density at radius 1 is 1.06 bits per heavy atom. The molecule has 0 bridgehead atoms. The molecule has 6 heteroatoms. The van der Waals surface area contributed by atoms with E-state index in [0.29, 0.717) is 17.7 Å². The monoisotopic (exact) mass is 482 g/mol. The summed E-state index contributed by atoms with van der Waals surface area (Å²) in [4.78, 5) is 18.2. The molecule has 4 nitrogen and oxygen atoms in total. The number of halogens is 1. The van der Waals surface area contributed by atoms with Crippen LogP contribution in [0.2, 0.25) is 0 Å². The molecular formula is C26H43ClN2O2S. The number of carbonyl (C=O) groups excluding carboxylic acids is 1. The Balaban J connectivity index is 2.13. The third kappa shape index (κ3) is 7.85. The topological polar surface area (TPSA) is 40.6 Å². The fourth-order valence-electron chi connectivity index (χ4n) is 5.22. The number of rotatable bonds is 10. The van der Waals surface area contributed by atoms with Gasteiger partial charge in [-0.2, -0.15) is 0 Å². The molecule has 2 fully saturated rings. The molecule has 32 heavy (non-hydrogen) atoms. The lowest BCUT2D eigenvalue weighted by Gasteiger charge is -2.48. The Hall–Kier alpha value is -0.910. The molecule has 2 rings (SSSR count). The first-order chi connectivity index (χ1) is 15.3. The summed E-state index contributed by atoms with van der Waals surface area (Å²) < 4.78 is 12.2. The van der Waals surface area contributed by atoms with Crippen LogP contribution >= 0.6 is 11.6 Å². The number of hydrogen-bond acceptors (Lipinski definition) is 3. The minimum Gasteiger partial charge on any atom is -0.340 e. The number of amides is 1. The van der Waals surface area contributed by atoms with Crippen molar-refractivity contribution in [3.63, 3.8) is 0 Å². The van der Waals surface area contributed by atoms with Crippen LogP contribution in [0.1, 0.15) is 72.1 Å². The number of allylic oxidation sites excluding steroid dienone is 5. The van der Waals surface area contributed by atoms with Crippen LogP contribution < -0.4 is 0 Å². The molecule has 2 aliphatic rings. The molecular weight excluding hydrogens is 440 g/mol. The smallest absolute Gasteiger partial charge is 0.227 e. The van der Waals surface area contributed by atoms with Crippen molar-refractivity contribution in [3.05, 3.63) is 34.9 Å². The van der Waals surface area contributed by atoms with Gasteiger partial charge in [0.05, 0.1) is 5.92 Å². The predicted octanol–water partition coefficient (Wildman–Crippen LogP) is 5.66. The van der Waals surface area contributed by atoms with Gasteiger partial charge in [-0.15, -0.1) is 0 Å². The van der Waals surface area contributed by atoms with Gasteiger partial charge in [0.1, 0.15) is 0 Å². The molecule has 0 aromatic rings. The van der Waals surface area contributed by atoms with Crippen LogP contribution in [0.15, 0.2) is 34.9 Å². The van der Waals surface area contributed by atoms with E-state index in [4.69, 9.17) is 11.6 Å². The second-order valence-electron chi connectivity index (χ2n) is 9.52. The van der Waals surface area contributed by atoms with Crippen molar-refractivity contribution in [2.45, 2.75) is 77.7 Å². The zero-order valence-electron chi connectivity index (χ0n) is 20.6. The fourth-order valence-corrected chi connectivity index (χ4v) is 6.19. The van der Waals surface area contributed by atoms with Gasteiger partial charge in [0, 0.05) is 60.1 Å². The summed E-state index contributed by atoms with van der Waals surface area (Å²) in [5.74, 6) is 0.294. The van der Waals surface area contributed by atoms with Crippen molar-refractivity contribution in [2.24, 2.45) is 5.92 Å². The van der Waals surface area contributed by atoms with Crippen molar-refractivity contribution in [1.82, 2.24) is 9.80 Å². The Labute approximate surface area is 203 Å². The molecule has 1 saturated carbocycles. The van der Waals surface area contributed by atoms with E-state index in [0.717, 1.165) is 50.2 Å². The lowest BCUT2D eigenvalue weighted by Crippen LogP contribution is -2.58. The molecule has 1 amide bonds. The standard InChI is InChI=1S/C26H43ClN2O2S/c1-5-7-11-23(22(6-2)12-15-27)20-24(21-32(4)31)25(30)28-16-18-29(19-17-28)26(3)13-9-8-10-14-26/h7,11-12,15,24H,5-6,8-10,13-14,16-21H2,1-4H3/b11-7-,15-12+,23-22+. The summed E-state index contributed by atoms with van der Waals surface area (Å²) in [7, 11) is -1.03. The lowest BCUT2D eigenvalue weighted by atomic mass is 9.81. The first kappa shape index (κ1) is 27.3. The Kier molecular flexibility index (Phi) is 11.7. The largest absolute Gasteiger partial charge is 0.340 e. The molecule has 0 N–H and O–H groups in total. The second kappa shape index (κ2) is 13.7. The molecule has 1 saturated heterocycles. The Morgan fingerprint density at radius 2 is 1.72 bits per heavy atom. The highest BCUT2D eigenvalue weighted by atomic mass is 35.5. The van der Waals surface area contributed by atoms with Crippen LogP contribution in [0.4, 0.5) is 0 Å². The van der Waals surface area contributed by atoms with Crippen LogP contribution in [-0.2, 0) is 15.6 Å². The molecule has 2 atom stereocenters. The summed E-state index contributed by atoms with van der Waals surface area (Å²) >= 11 is 5.88. The van der Waals surface area contributed by atoms with Crippen molar-refractivity contribution in [3.8, 4) is 0 Å². The number of nitrogens with zero attached hydrogens (tertiary/aromatic N) is 2. The summed E-state index contributed by atoms with van der Waals surface area (Å²) in [6.07, 6.45) is 16.8. The summed E-state index contributed by atoms with van der Waals surface area (Å²) in [6, 6.07) is 0. The lowest BCUT2D eigenvalue weighted by molar-refractivity contribution is -0.137. The first-order valence-electron chi connectivity index (χ1n) is 12.3. The van der Waals surface area contributed by atoms with E-state index in [1.54, 1.807) is 11.8 Å². The quantitative estimate of drug-likeness (QED) is 0.377. The maximum absolute atomic E-state index is 13.6. The van der Waals surface area contributed by atoms with Crippen LogP contribution in [-0.4, -0.2) is 63.6 Å². The minimum absolute atomic E-state index is 0.154. The van der Waals surface area contributed by atoms with Crippen molar-refractivity contribution in [1.29, 1.82) is 0 Å². The fraction of sp³-hybridized carbons (Fsp3) is 0.731. The third-order valence-corrected chi connectivity index (χ3v) is 8.15. The van der Waals surface area contributed by atoms with E-state index < -0.39 is 10.8 Å². The number of carbonyl (C=O) groups is 1. The minimum atomic E-state index is -1.03. The first-order valence-corrected chi connectivity index (χ1v) is 14.5. The van der Waals surface area contributed by atoms with Gasteiger partial charge in [-0.3, -0.25) is 13.9 Å². The van der Waals surface area contributed by atoms with E-state index in [1.165, 1.54) is 32.1 Å². The molecule has 0 aromatic heterocycles. The summed E-state index contributed by atoms with van der Waals surface area (Å²) in [5, 5.41) is 0. The maximum Gasteiger partial charge on any atom is 0.227 e. The molecule has 1 aliphatic carbocycles. The average molecular weight is 483 g/mol. The average Bonchev–Trinajstić information content (AvgIpc) is 2.79. The molecule has 1 aliphatic heterocycles. The van der Waals surface area contributed by atoms with E-state index in [9.17, 15) is 9.00 Å². The molecule has 2 unspecified atom stereocenters. The Morgan fingerprint density at radius 3 is 2.25 bits per heavy atom. The third-order valence-electron chi connectivity index (χ3n) is 7.15. The van der Waals surface area contributed by atoms with Gasteiger partial charge in [-0.1, -0.05) is 56.9 Å². The van der Waals surface area contributed by atoms with Crippen LogP contribution in [0.3, 0.4) is 0 Å². The Bertz CT molecular complexity index is 717. The van der Waals surface area contributed by atoms with E-state index >= 15 is 0 Å². The molecule has 0 aromatic carbocycles. The zero-order chi connectivity index (χ0) is 23.6. The van der Waals surface area contributed by atoms with Gasteiger partial charge in [-0.05, 0) is 56.3 Å².